The lowest BCUT2D eigenvalue weighted by Gasteiger charge is -2.11. The van der Waals surface area contributed by atoms with Crippen LogP contribution >= 0.6 is 24.0 Å². The third kappa shape index (κ3) is 12.5. The van der Waals surface area contributed by atoms with Gasteiger partial charge in [0.15, 0.2) is 5.96 Å². The Morgan fingerprint density at radius 3 is 2.50 bits per heavy atom. The Hall–Kier alpha value is -0.900. The van der Waals surface area contributed by atoms with Crippen molar-refractivity contribution in [2.45, 2.75) is 65.3 Å². The molecule has 0 saturated heterocycles. The molecule has 0 bridgehead atoms. The molecule has 0 unspecified atom stereocenters. The number of unbranched alkanes of at least 4 members (excludes halogenated alkanes) is 5. The van der Waals surface area contributed by atoms with Gasteiger partial charge in [0.25, 0.3) is 0 Å². The number of ether oxygens (including phenoxy) is 1. The van der Waals surface area contributed by atoms with E-state index in [4.69, 9.17) is 4.74 Å². The molecule has 0 aliphatic rings. The number of nitrogens with one attached hydrogen (secondary N) is 2. The number of aromatic nitrogens is 3. The molecule has 0 amide bonds. The molecular formula is C18H37IN6O. The summed E-state index contributed by atoms with van der Waals surface area (Å²) in [6.45, 7) is 8.18. The average Bonchev–Trinajstić information content (AvgIpc) is 3.02. The van der Waals surface area contributed by atoms with Crippen LogP contribution < -0.4 is 10.6 Å². The summed E-state index contributed by atoms with van der Waals surface area (Å²) in [4.78, 5) is 8.71. The molecule has 0 aliphatic carbocycles. The maximum Gasteiger partial charge on any atom is 0.191 e. The fourth-order valence-electron chi connectivity index (χ4n) is 2.42. The van der Waals surface area contributed by atoms with E-state index < -0.39 is 0 Å². The molecule has 0 aromatic carbocycles. The Morgan fingerprint density at radius 1 is 1.08 bits per heavy atom. The van der Waals surface area contributed by atoms with E-state index in [1.807, 2.05) is 7.05 Å². The highest BCUT2D eigenvalue weighted by atomic mass is 127. The molecule has 7 nitrogen and oxygen atoms in total. The molecule has 152 valence electrons. The van der Waals surface area contributed by atoms with Gasteiger partial charge in [0.1, 0.15) is 18.7 Å². The summed E-state index contributed by atoms with van der Waals surface area (Å²) < 4.78 is 7.43. The molecule has 26 heavy (non-hydrogen) atoms. The molecule has 1 rings (SSSR count). The van der Waals surface area contributed by atoms with Gasteiger partial charge >= 0.3 is 0 Å². The van der Waals surface area contributed by atoms with Gasteiger partial charge in [-0.1, -0.05) is 39.0 Å². The molecule has 0 saturated carbocycles. The fraction of sp³-hybridized carbons (Fsp3) is 0.833. The summed E-state index contributed by atoms with van der Waals surface area (Å²) in [6.07, 6.45) is 10.4. The smallest absolute Gasteiger partial charge is 0.191 e. The lowest BCUT2D eigenvalue weighted by molar-refractivity contribution is 0.128. The first-order chi connectivity index (χ1) is 12.3. The van der Waals surface area contributed by atoms with Crippen LogP contribution in [0.25, 0.3) is 0 Å². The van der Waals surface area contributed by atoms with Gasteiger partial charge in [-0.3, -0.25) is 4.68 Å². The van der Waals surface area contributed by atoms with Gasteiger partial charge in [-0.05, 0) is 19.8 Å². The molecule has 1 heterocycles. The monoisotopic (exact) mass is 480 g/mol. The van der Waals surface area contributed by atoms with Gasteiger partial charge in [0.2, 0.25) is 0 Å². The van der Waals surface area contributed by atoms with E-state index in [0.717, 1.165) is 44.5 Å². The molecule has 2 N–H and O–H groups in total. The van der Waals surface area contributed by atoms with Crippen molar-refractivity contribution in [3.05, 3.63) is 12.2 Å². The van der Waals surface area contributed by atoms with E-state index in [1.54, 1.807) is 11.0 Å². The third-order valence-corrected chi connectivity index (χ3v) is 3.93. The summed E-state index contributed by atoms with van der Waals surface area (Å²) in [6, 6.07) is 0. The summed E-state index contributed by atoms with van der Waals surface area (Å²) >= 11 is 0. The largest absolute Gasteiger partial charge is 0.381 e. The highest BCUT2D eigenvalue weighted by Crippen LogP contribution is 2.04. The van der Waals surface area contributed by atoms with Gasteiger partial charge in [-0.15, -0.1) is 24.0 Å². The molecule has 0 spiro atoms. The van der Waals surface area contributed by atoms with E-state index in [1.165, 1.54) is 38.5 Å². The van der Waals surface area contributed by atoms with Crippen LogP contribution in [0.3, 0.4) is 0 Å². The van der Waals surface area contributed by atoms with E-state index in [2.05, 4.69) is 39.6 Å². The lowest BCUT2D eigenvalue weighted by atomic mass is 10.1. The third-order valence-electron chi connectivity index (χ3n) is 3.93. The maximum absolute atomic E-state index is 5.69. The van der Waals surface area contributed by atoms with Crippen LogP contribution in [0, 0.1) is 0 Å². The van der Waals surface area contributed by atoms with E-state index in [0.29, 0.717) is 6.54 Å². The van der Waals surface area contributed by atoms with Crippen molar-refractivity contribution < 1.29 is 4.74 Å². The Bertz CT molecular complexity index is 466. The number of halogens is 1. The molecule has 0 atom stereocenters. The number of rotatable bonds is 14. The summed E-state index contributed by atoms with van der Waals surface area (Å²) in [7, 11) is 1.87. The highest BCUT2D eigenvalue weighted by molar-refractivity contribution is 14.0. The van der Waals surface area contributed by atoms with Crippen LogP contribution in [0.4, 0.5) is 0 Å². The van der Waals surface area contributed by atoms with Crippen LogP contribution in [0.5, 0.6) is 0 Å². The second kappa shape index (κ2) is 17.5. The van der Waals surface area contributed by atoms with Crippen molar-refractivity contribution in [1.29, 1.82) is 0 Å². The molecular weight excluding hydrogens is 443 g/mol. The van der Waals surface area contributed by atoms with Gasteiger partial charge in [0, 0.05) is 33.4 Å². The number of aliphatic imine (C=N–C) groups is 1. The minimum Gasteiger partial charge on any atom is -0.381 e. The minimum atomic E-state index is 0. The van der Waals surface area contributed by atoms with Crippen LogP contribution in [-0.4, -0.2) is 47.0 Å². The van der Waals surface area contributed by atoms with Crippen LogP contribution in [0.1, 0.15) is 64.6 Å². The predicted molar refractivity (Wildman–Crippen MR) is 118 cm³/mol. The summed E-state index contributed by atoms with van der Waals surface area (Å²) in [5, 5.41) is 10.6. The standard InChI is InChI=1S/C18H36N6O.HI/c1-4-6-7-8-9-10-13-25-14-11-12-20-18(19-5-2)21-15-17-22-16-23-24(17)3;/h16H,4-15H2,1-3H3,(H2,19,20,21);1H. The average molecular weight is 480 g/mol. The van der Waals surface area contributed by atoms with Gasteiger partial charge in [-0.2, -0.15) is 5.10 Å². The quantitative estimate of drug-likeness (QED) is 0.185. The second-order valence-electron chi connectivity index (χ2n) is 6.16. The van der Waals surface area contributed by atoms with E-state index >= 15 is 0 Å². The first kappa shape index (κ1) is 25.1. The summed E-state index contributed by atoms with van der Waals surface area (Å²) in [5.41, 5.74) is 0. The molecule has 1 aromatic heterocycles. The zero-order chi connectivity index (χ0) is 18.2. The van der Waals surface area contributed by atoms with Crippen molar-refractivity contribution in [1.82, 2.24) is 25.4 Å². The Morgan fingerprint density at radius 2 is 1.81 bits per heavy atom. The van der Waals surface area contributed by atoms with Gasteiger partial charge in [-0.25, -0.2) is 9.98 Å². The van der Waals surface area contributed by atoms with E-state index in [9.17, 15) is 0 Å². The zero-order valence-corrected chi connectivity index (χ0v) is 19.0. The number of hydrogen-bond donors (Lipinski definition) is 2. The van der Waals surface area contributed by atoms with E-state index in [-0.39, 0.29) is 24.0 Å². The predicted octanol–water partition coefficient (Wildman–Crippen LogP) is 3.26. The van der Waals surface area contributed by atoms with Crippen LogP contribution in [-0.2, 0) is 18.3 Å². The van der Waals surface area contributed by atoms with Crippen molar-refractivity contribution >= 4 is 29.9 Å². The highest BCUT2D eigenvalue weighted by Gasteiger charge is 2.01. The first-order valence-electron chi connectivity index (χ1n) is 9.70. The van der Waals surface area contributed by atoms with Crippen LogP contribution in [0.2, 0.25) is 0 Å². The summed E-state index contributed by atoms with van der Waals surface area (Å²) in [5.74, 6) is 1.65. The van der Waals surface area contributed by atoms with Crippen molar-refractivity contribution in [2.24, 2.45) is 12.0 Å². The molecule has 8 heteroatoms. The second-order valence-corrected chi connectivity index (χ2v) is 6.16. The minimum absolute atomic E-state index is 0. The lowest BCUT2D eigenvalue weighted by Crippen LogP contribution is -2.38. The fourth-order valence-corrected chi connectivity index (χ4v) is 2.42. The number of hydrogen-bond acceptors (Lipinski definition) is 4. The molecule has 0 aliphatic heterocycles. The van der Waals surface area contributed by atoms with Crippen molar-refractivity contribution in [3.63, 3.8) is 0 Å². The van der Waals surface area contributed by atoms with Gasteiger partial charge in [0.05, 0.1) is 0 Å². The van der Waals surface area contributed by atoms with Crippen LogP contribution in [0.15, 0.2) is 11.3 Å². The maximum atomic E-state index is 5.69. The number of aryl methyl sites for hydroxylation is 1. The normalized spacial score (nSPS) is 11.3. The first-order valence-corrected chi connectivity index (χ1v) is 9.70. The molecule has 0 radical (unpaired) electrons. The Labute approximate surface area is 175 Å². The topological polar surface area (TPSA) is 76.4 Å². The SMILES string of the molecule is CCCCCCCCOCCCNC(=NCc1ncnn1C)NCC.I. The molecule has 0 fully saturated rings. The number of nitrogens with zero attached hydrogens (tertiary/aromatic N) is 4. The Kier molecular flexibility index (Phi) is 16.9. The van der Waals surface area contributed by atoms with Gasteiger partial charge < -0.3 is 15.4 Å². The zero-order valence-electron chi connectivity index (χ0n) is 16.7. The Balaban J connectivity index is 0.00000625. The van der Waals surface area contributed by atoms with Crippen molar-refractivity contribution in [2.75, 3.05) is 26.3 Å². The molecule has 1 aromatic rings. The number of guanidine groups is 1. The van der Waals surface area contributed by atoms with Crippen molar-refractivity contribution in [3.8, 4) is 0 Å².